The molecule has 4 nitrogen and oxygen atoms in total. The molecule has 0 aliphatic carbocycles. The van der Waals surface area contributed by atoms with Crippen LogP contribution < -0.4 is 5.32 Å². The van der Waals surface area contributed by atoms with Crippen LogP contribution in [0.4, 0.5) is 5.82 Å². The van der Waals surface area contributed by atoms with E-state index in [2.05, 4.69) is 43.2 Å². The van der Waals surface area contributed by atoms with Gasteiger partial charge in [-0.25, -0.2) is 4.98 Å². The number of hydrogen-bond acceptors (Lipinski definition) is 4. The van der Waals surface area contributed by atoms with Gasteiger partial charge < -0.3 is 10.2 Å². The maximum absolute atomic E-state index is 5.75. The number of halogens is 2. The second-order valence-electron chi connectivity index (χ2n) is 3.99. The van der Waals surface area contributed by atoms with Gasteiger partial charge in [-0.1, -0.05) is 0 Å². The van der Waals surface area contributed by atoms with E-state index in [9.17, 15) is 0 Å². The van der Waals surface area contributed by atoms with Crippen molar-refractivity contribution >= 4 is 33.3 Å². The topological polar surface area (TPSA) is 41.0 Å². The molecule has 1 fully saturated rings. The van der Waals surface area contributed by atoms with E-state index in [1.165, 1.54) is 19.4 Å². The Morgan fingerprint density at radius 2 is 2.50 bits per heavy atom. The van der Waals surface area contributed by atoms with Gasteiger partial charge in [-0.2, -0.15) is 4.98 Å². The van der Waals surface area contributed by atoms with Gasteiger partial charge in [-0.15, -0.1) is 0 Å². The van der Waals surface area contributed by atoms with E-state index in [1.54, 1.807) is 6.20 Å². The molecular weight excluding hydrogens is 291 g/mol. The summed E-state index contributed by atoms with van der Waals surface area (Å²) < 4.78 is 0.845. The highest BCUT2D eigenvalue weighted by atomic mass is 79.9. The van der Waals surface area contributed by atoms with Crippen molar-refractivity contribution in [2.75, 3.05) is 25.5 Å². The van der Waals surface area contributed by atoms with Crippen LogP contribution in [0.3, 0.4) is 0 Å². The van der Waals surface area contributed by atoms with Crippen LogP contribution in [-0.2, 0) is 0 Å². The molecule has 0 bridgehead atoms. The van der Waals surface area contributed by atoms with E-state index >= 15 is 0 Å². The Balaban J connectivity index is 1.96. The molecule has 0 aromatic carbocycles. The lowest BCUT2D eigenvalue weighted by molar-refractivity contribution is 0.322. The van der Waals surface area contributed by atoms with Crippen molar-refractivity contribution in [2.24, 2.45) is 0 Å². The van der Waals surface area contributed by atoms with E-state index in [0.29, 0.717) is 6.04 Å². The van der Waals surface area contributed by atoms with E-state index < -0.39 is 0 Å². The minimum atomic E-state index is 0.269. The summed E-state index contributed by atoms with van der Waals surface area (Å²) in [6.45, 7) is 2.07. The fraction of sp³-hybridized carbons (Fsp3) is 0.600. The molecule has 0 saturated carbocycles. The van der Waals surface area contributed by atoms with Gasteiger partial charge in [0.1, 0.15) is 5.82 Å². The van der Waals surface area contributed by atoms with E-state index in [0.717, 1.165) is 16.8 Å². The third-order valence-corrected chi connectivity index (χ3v) is 3.65. The average molecular weight is 306 g/mol. The second-order valence-corrected chi connectivity index (χ2v) is 5.19. The van der Waals surface area contributed by atoms with Gasteiger partial charge in [0.25, 0.3) is 0 Å². The largest absolute Gasteiger partial charge is 0.367 e. The van der Waals surface area contributed by atoms with Crippen LogP contribution in [0.25, 0.3) is 0 Å². The molecule has 0 radical (unpaired) electrons. The number of nitrogens with zero attached hydrogens (tertiary/aromatic N) is 3. The normalized spacial score (nSPS) is 21.3. The van der Waals surface area contributed by atoms with Crippen LogP contribution in [-0.4, -0.2) is 41.0 Å². The number of likely N-dealkylation sites (N-methyl/N-ethyl adjacent to an activating group) is 1. The number of aromatic nitrogens is 2. The zero-order valence-electron chi connectivity index (χ0n) is 9.08. The van der Waals surface area contributed by atoms with Crippen molar-refractivity contribution in [3.63, 3.8) is 0 Å². The average Bonchev–Trinajstić information content (AvgIpc) is 2.66. The SMILES string of the molecule is CN1CCCC1CNc1nc(Cl)ncc1Br. The molecule has 1 unspecified atom stereocenters. The van der Waals surface area contributed by atoms with Crippen LogP contribution in [0.1, 0.15) is 12.8 Å². The summed E-state index contributed by atoms with van der Waals surface area (Å²) in [5, 5.41) is 3.57. The molecule has 2 rings (SSSR count). The minimum absolute atomic E-state index is 0.269. The standard InChI is InChI=1S/C10H14BrClN4/c1-16-4-2-3-7(16)5-13-9-8(11)6-14-10(12)15-9/h6-7H,2-5H2,1H3,(H,13,14,15). The lowest BCUT2D eigenvalue weighted by Crippen LogP contribution is -2.31. The molecule has 1 aromatic rings. The van der Waals surface area contributed by atoms with Gasteiger partial charge in [0.15, 0.2) is 0 Å². The molecule has 2 heterocycles. The molecule has 1 N–H and O–H groups in total. The lowest BCUT2D eigenvalue weighted by atomic mass is 10.2. The van der Waals surface area contributed by atoms with Crippen molar-refractivity contribution in [3.05, 3.63) is 16.0 Å². The molecular formula is C10H14BrClN4. The van der Waals surface area contributed by atoms with Gasteiger partial charge in [0, 0.05) is 18.8 Å². The predicted octanol–water partition coefficient (Wildman–Crippen LogP) is 2.40. The van der Waals surface area contributed by atoms with Crippen molar-refractivity contribution < 1.29 is 0 Å². The Hall–Kier alpha value is -0.390. The summed E-state index contributed by atoms with van der Waals surface area (Å²) in [5.41, 5.74) is 0. The Morgan fingerprint density at radius 3 is 3.19 bits per heavy atom. The fourth-order valence-electron chi connectivity index (χ4n) is 1.92. The van der Waals surface area contributed by atoms with Crippen LogP contribution in [0.15, 0.2) is 10.7 Å². The van der Waals surface area contributed by atoms with Crippen molar-refractivity contribution in [1.29, 1.82) is 0 Å². The highest BCUT2D eigenvalue weighted by Gasteiger charge is 2.20. The maximum Gasteiger partial charge on any atom is 0.224 e. The molecule has 0 amide bonds. The van der Waals surface area contributed by atoms with Crippen LogP contribution in [0, 0.1) is 0 Å². The summed E-state index contributed by atoms with van der Waals surface area (Å²) in [6.07, 6.45) is 4.17. The van der Waals surface area contributed by atoms with Gasteiger partial charge in [0.2, 0.25) is 5.28 Å². The Labute approximate surface area is 109 Å². The molecule has 1 aliphatic rings. The Bertz CT molecular complexity index is 374. The summed E-state index contributed by atoms with van der Waals surface area (Å²) >= 11 is 9.14. The summed E-state index contributed by atoms with van der Waals surface area (Å²) in [5.74, 6) is 0.764. The highest BCUT2D eigenvalue weighted by molar-refractivity contribution is 9.10. The molecule has 16 heavy (non-hydrogen) atoms. The second kappa shape index (κ2) is 5.29. The Morgan fingerprint density at radius 1 is 1.69 bits per heavy atom. The molecule has 1 aromatic heterocycles. The van der Waals surface area contributed by atoms with E-state index in [1.807, 2.05) is 0 Å². The summed E-state index contributed by atoms with van der Waals surface area (Å²) in [7, 11) is 2.15. The highest BCUT2D eigenvalue weighted by Crippen LogP contribution is 2.21. The van der Waals surface area contributed by atoms with Gasteiger partial charge in [0.05, 0.1) is 4.47 Å². The number of rotatable bonds is 3. The van der Waals surface area contributed by atoms with Crippen molar-refractivity contribution in [2.45, 2.75) is 18.9 Å². The number of likely N-dealkylation sites (tertiary alicyclic amines) is 1. The number of anilines is 1. The van der Waals surface area contributed by atoms with E-state index in [4.69, 9.17) is 11.6 Å². The zero-order chi connectivity index (χ0) is 11.5. The van der Waals surface area contributed by atoms with Crippen LogP contribution in [0.5, 0.6) is 0 Å². The molecule has 0 spiro atoms. The molecule has 1 saturated heterocycles. The zero-order valence-corrected chi connectivity index (χ0v) is 11.4. The molecule has 6 heteroatoms. The van der Waals surface area contributed by atoms with Crippen LogP contribution in [0.2, 0.25) is 5.28 Å². The predicted molar refractivity (Wildman–Crippen MR) is 68.9 cm³/mol. The molecule has 1 atom stereocenters. The lowest BCUT2D eigenvalue weighted by Gasteiger charge is -2.20. The Kier molecular flexibility index (Phi) is 4.00. The molecule has 88 valence electrons. The van der Waals surface area contributed by atoms with Gasteiger partial charge >= 0.3 is 0 Å². The maximum atomic E-state index is 5.75. The fourth-order valence-corrected chi connectivity index (χ4v) is 2.39. The first kappa shape index (κ1) is 12.1. The van der Waals surface area contributed by atoms with Gasteiger partial charge in [-0.05, 0) is 54.0 Å². The van der Waals surface area contributed by atoms with Crippen LogP contribution >= 0.6 is 27.5 Å². The molecule has 1 aliphatic heterocycles. The number of hydrogen-bond donors (Lipinski definition) is 1. The van der Waals surface area contributed by atoms with Gasteiger partial charge in [-0.3, -0.25) is 0 Å². The third kappa shape index (κ3) is 2.84. The summed E-state index contributed by atoms with van der Waals surface area (Å²) in [6, 6.07) is 0.584. The monoisotopic (exact) mass is 304 g/mol. The smallest absolute Gasteiger partial charge is 0.224 e. The minimum Gasteiger partial charge on any atom is -0.367 e. The third-order valence-electron chi connectivity index (χ3n) is 2.89. The van der Waals surface area contributed by atoms with Crippen molar-refractivity contribution in [3.8, 4) is 0 Å². The summed E-state index contributed by atoms with van der Waals surface area (Å²) in [4.78, 5) is 10.4. The first-order valence-corrected chi connectivity index (χ1v) is 6.46. The van der Waals surface area contributed by atoms with E-state index in [-0.39, 0.29) is 5.28 Å². The van der Waals surface area contributed by atoms with Crippen molar-refractivity contribution in [1.82, 2.24) is 14.9 Å². The first-order valence-electron chi connectivity index (χ1n) is 5.29. The first-order chi connectivity index (χ1) is 7.66. The quantitative estimate of drug-likeness (QED) is 0.871. The number of nitrogens with one attached hydrogen (secondary N) is 1.